The molecule has 4 rings (SSSR count). The highest BCUT2D eigenvalue weighted by Crippen LogP contribution is 2.26. The quantitative estimate of drug-likeness (QED) is 0.653. The van der Waals surface area contributed by atoms with Crippen LogP contribution < -0.4 is 20.4 Å². The summed E-state index contributed by atoms with van der Waals surface area (Å²) in [5.74, 6) is 2.55. The van der Waals surface area contributed by atoms with E-state index >= 15 is 0 Å². The molecule has 0 spiro atoms. The van der Waals surface area contributed by atoms with Gasteiger partial charge in [-0.1, -0.05) is 36.6 Å². The van der Waals surface area contributed by atoms with E-state index in [1.54, 1.807) is 0 Å². The molecular formula is C22H29ClN6S. The molecule has 2 N–H and O–H groups in total. The van der Waals surface area contributed by atoms with E-state index in [0.29, 0.717) is 17.6 Å². The van der Waals surface area contributed by atoms with Crippen LogP contribution in [0.1, 0.15) is 44.1 Å². The summed E-state index contributed by atoms with van der Waals surface area (Å²) >= 11 is 11.5. The van der Waals surface area contributed by atoms with Gasteiger partial charge >= 0.3 is 0 Å². The Kier molecular flexibility index (Phi) is 7.23. The Morgan fingerprint density at radius 2 is 1.40 bits per heavy atom. The molecule has 3 heterocycles. The van der Waals surface area contributed by atoms with Crippen LogP contribution in [0, 0.1) is 0 Å². The van der Waals surface area contributed by atoms with Crippen molar-refractivity contribution < 1.29 is 0 Å². The molecular weight excluding hydrogens is 416 g/mol. The average molecular weight is 445 g/mol. The summed E-state index contributed by atoms with van der Waals surface area (Å²) in [7, 11) is 0. The van der Waals surface area contributed by atoms with E-state index < -0.39 is 0 Å². The van der Waals surface area contributed by atoms with E-state index in [2.05, 4.69) is 26.5 Å². The zero-order valence-electron chi connectivity index (χ0n) is 17.2. The van der Waals surface area contributed by atoms with Gasteiger partial charge in [-0.05, 0) is 55.6 Å². The Hall–Kier alpha value is -2.12. The number of nitrogens with one attached hydrogen (secondary N) is 2. The highest BCUT2D eigenvalue weighted by molar-refractivity contribution is 7.80. The minimum absolute atomic E-state index is 0.519. The predicted octanol–water partition coefficient (Wildman–Crippen LogP) is 4.60. The molecule has 30 heavy (non-hydrogen) atoms. The maximum absolute atomic E-state index is 5.96. The third-order valence-corrected chi connectivity index (χ3v) is 6.15. The summed E-state index contributed by atoms with van der Waals surface area (Å²) in [4.78, 5) is 14.3. The zero-order valence-corrected chi connectivity index (χ0v) is 18.8. The maximum atomic E-state index is 5.96. The van der Waals surface area contributed by atoms with Crippen LogP contribution >= 0.6 is 23.8 Å². The summed E-state index contributed by atoms with van der Waals surface area (Å²) in [6.07, 6.45) is 7.45. The predicted molar refractivity (Wildman–Crippen MR) is 129 cm³/mol. The van der Waals surface area contributed by atoms with E-state index in [1.165, 1.54) is 38.5 Å². The molecule has 2 aliphatic rings. The molecule has 0 bridgehead atoms. The Balaban J connectivity index is 1.47. The second kappa shape index (κ2) is 10.3. The van der Waals surface area contributed by atoms with Crippen LogP contribution in [0.25, 0.3) is 0 Å². The lowest BCUT2D eigenvalue weighted by Crippen LogP contribution is -2.30. The molecule has 0 amide bonds. The summed E-state index contributed by atoms with van der Waals surface area (Å²) < 4.78 is 0. The average Bonchev–Trinajstić information content (AvgIpc) is 3.16. The molecule has 2 aliphatic heterocycles. The number of rotatable bonds is 5. The van der Waals surface area contributed by atoms with Gasteiger partial charge in [-0.3, -0.25) is 0 Å². The molecule has 0 radical (unpaired) electrons. The Bertz CT molecular complexity index is 845. The van der Waals surface area contributed by atoms with Gasteiger partial charge in [-0.2, -0.15) is 9.97 Å². The summed E-state index contributed by atoms with van der Waals surface area (Å²) in [6, 6.07) is 9.88. The lowest BCUT2D eigenvalue weighted by molar-refractivity contribution is 0.726. The number of aromatic nitrogens is 2. The fourth-order valence-electron chi connectivity index (χ4n) is 3.98. The molecule has 0 saturated carbocycles. The fraction of sp³-hybridized carbons (Fsp3) is 0.500. The molecule has 1 aromatic heterocycles. The molecule has 8 heteroatoms. The van der Waals surface area contributed by atoms with Gasteiger partial charge in [0.25, 0.3) is 0 Å². The van der Waals surface area contributed by atoms with Gasteiger partial charge < -0.3 is 20.4 Å². The number of anilines is 3. The minimum atomic E-state index is 0.519. The number of benzene rings is 1. The van der Waals surface area contributed by atoms with Crippen molar-refractivity contribution in [2.75, 3.05) is 41.3 Å². The summed E-state index contributed by atoms with van der Waals surface area (Å²) in [6.45, 7) is 4.82. The van der Waals surface area contributed by atoms with Crippen molar-refractivity contribution in [1.82, 2.24) is 15.3 Å². The second-order valence-electron chi connectivity index (χ2n) is 7.94. The Morgan fingerprint density at radius 3 is 1.97 bits per heavy atom. The van der Waals surface area contributed by atoms with Crippen LogP contribution in [0.2, 0.25) is 5.02 Å². The molecule has 6 nitrogen and oxygen atoms in total. The molecule has 0 aliphatic carbocycles. The van der Waals surface area contributed by atoms with Crippen LogP contribution in [0.3, 0.4) is 0 Å². The van der Waals surface area contributed by atoms with Crippen molar-refractivity contribution in [3.8, 4) is 0 Å². The first-order valence-electron chi connectivity index (χ1n) is 10.9. The van der Waals surface area contributed by atoms with E-state index in [1.807, 2.05) is 24.3 Å². The number of hydrogen-bond donors (Lipinski definition) is 2. The third-order valence-electron chi connectivity index (χ3n) is 5.65. The lowest BCUT2D eigenvalue weighted by Gasteiger charge is -2.25. The van der Waals surface area contributed by atoms with E-state index in [9.17, 15) is 0 Å². The van der Waals surface area contributed by atoms with E-state index in [0.717, 1.165) is 48.4 Å². The van der Waals surface area contributed by atoms with Crippen molar-refractivity contribution in [2.24, 2.45) is 0 Å². The molecule has 0 unspecified atom stereocenters. The van der Waals surface area contributed by atoms with E-state index in [4.69, 9.17) is 33.8 Å². The third kappa shape index (κ3) is 5.73. The minimum Gasteiger partial charge on any atom is -0.358 e. The highest BCUT2D eigenvalue weighted by atomic mass is 35.5. The first-order valence-corrected chi connectivity index (χ1v) is 11.6. The number of halogens is 1. The summed E-state index contributed by atoms with van der Waals surface area (Å²) in [5.41, 5.74) is 1.11. The first kappa shape index (κ1) is 21.1. The molecule has 2 aromatic rings. The monoisotopic (exact) mass is 444 g/mol. The van der Waals surface area contributed by atoms with Crippen molar-refractivity contribution in [1.29, 1.82) is 0 Å². The van der Waals surface area contributed by atoms with Crippen LogP contribution in [-0.4, -0.2) is 41.3 Å². The van der Waals surface area contributed by atoms with Crippen molar-refractivity contribution >= 4 is 46.5 Å². The van der Waals surface area contributed by atoms with E-state index in [-0.39, 0.29) is 0 Å². The number of thiocarbonyl (C=S) groups is 1. The topological polar surface area (TPSA) is 56.3 Å². The van der Waals surface area contributed by atoms with Gasteiger partial charge in [-0.25, -0.2) is 0 Å². The van der Waals surface area contributed by atoms with Gasteiger partial charge in [-0.15, -0.1) is 0 Å². The first-order chi connectivity index (χ1) is 14.7. The maximum Gasteiger partial charge on any atom is 0.232 e. The smallest absolute Gasteiger partial charge is 0.232 e. The fourth-order valence-corrected chi connectivity index (χ4v) is 4.27. The molecule has 2 saturated heterocycles. The Morgan fingerprint density at radius 1 is 0.867 bits per heavy atom. The standard InChI is InChI=1S/C22H29ClN6S/c23-18-9-7-17(8-10-18)16-24-22(30)27-21-25-19(28-11-3-1-2-4-12-28)15-20(26-21)29-13-5-6-14-29/h7-10,15H,1-6,11-14,16H2,(H2,24,25,26,27,30). The molecule has 0 atom stereocenters. The molecule has 2 fully saturated rings. The molecule has 1 aromatic carbocycles. The van der Waals surface area contributed by atoms with Crippen molar-refractivity contribution in [3.05, 3.63) is 40.9 Å². The van der Waals surface area contributed by atoms with Crippen LogP contribution in [-0.2, 0) is 6.54 Å². The van der Waals surface area contributed by atoms with Crippen LogP contribution in [0.4, 0.5) is 17.6 Å². The molecule has 160 valence electrons. The largest absolute Gasteiger partial charge is 0.358 e. The SMILES string of the molecule is S=C(NCc1ccc(Cl)cc1)Nc1nc(N2CCCCCC2)cc(N2CCCC2)n1. The van der Waals surface area contributed by atoms with Crippen molar-refractivity contribution in [3.63, 3.8) is 0 Å². The number of hydrogen-bond acceptors (Lipinski definition) is 5. The van der Waals surface area contributed by atoms with Gasteiger partial charge in [0.1, 0.15) is 11.6 Å². The van der Waals surface area contributed by atoms with Gasteiger partial charge in [0.15, 0.2) is 5.11 Å². The van der Waals surface area contributed by atoms with Gasteiger partial charge in [0.05, 0.1) is 0 Å². The Labute approximate surface area is 189 Å². The van der Waals surface area contributed by atoms with Crippen LogP contribution in [0.5, 0.6) is 0 Å². The van der Waals surface area contributed by atoms with Gasteiger partial charge in [0, 0.05) is 43.8 Å². The number of nitrogens with zero attached hydrogens (tertiary/aromatic N) is 4. The van der Waals surface area contributed by atoms with Gasteiger partial charge in [0.2, 0.25) is 5.95 Å². The summed E-state index contributed by atoms with van der Waals surface area (Å²) in [5, 5.41) is 7.68. The highest BCUT2D eigenvalue weighted by Gasteiger charge is 2.19. The van der Waals surface area contributed by atoms with Crippen LogP contribution in [0.15, 0.2) is 30.3 Å². The lowest BCUT2D eigenvalue weighted by atomic mass is 10.2. The van der Waals surface area contributed by atoms with Crippen molar-refractivity contribution in [2.45, 2.75) is 45.1 Å². The second-order valence-corrected chi connectivity index (χ2v) is 8.78. The zero-order chi connectivity index (χ0) is 20.8. The normalized spacial score (nSPS) is 17.0.